The zero-order valence-corrected chi connectivity index (χ0v) is 48.5. The van der Waals surface area contributed by atoms with Crippen LogP contribution in [0.2, 0.25) is 0 Å². The molecule has 0 bridgehead atoms. The number of aliphatic imine (C=N–C) groups is 1. The Morgan fingerprint density at radius 2 is 1.38 bits per heavy atom. The van der Waals surface area contributed by atoms with Crippen molar-refractivity contribution in [1.29, 1.82) is 0 Å². The zero-order chi connectivity index (χ0) is 58.9. The van der Waals surface area contributed by atoms with Gasteiger partial charge in [0.2, 0.25) is 17.7 Å². The molecule has 3 aromatic rings. The third-order valence-electron chi connectivity index (χ3n) is 14.6. The highest BCUT2D eigenvalue weighted by atomic mass is 79.9. The van der Waals surface area contributed by atoms with Gasteiger partial charge in [0.15, 0.2) is 29.2 Å². The van der Waals surface area contributed by atoms with Gasteiger partial charge in [0, 0.05) is 55.5 Å². The molecule has 3 aromatic carbocycles. The highest BCUT2D eigenvalue weighted by Crippen LogP contribution is 2.43. The number of hydrogen-bond donors (Lipinski definition) is 4. The Morgan fingerprint density at radius 1 is 0.744 bits per heavy atom. The molecule has 0 unspecified atom stereocenters. The van der Waals surface area contributed by atoms with Crippen LogP contribution in [-0.4, -0.2) is 138 Å². The van der Waals surface area contributed by atoms with Crippen LogP contribution in [-0.2, 0) is 35.3 Å². The van der Waals surface area contributed by atoms with Gasteiger partial charge in [-0.3, -0.25) is 43.5 Å². The summed E-state index contributed by atoms with van der Waals surface area (Å²) in [5.74, 6) is -1.71. The van der Waals surface area contributed by atoms with Gasteiger partial charge in [-0.05, 0) is 117 Å². The second kappa shape index (κ2) is 26.7. The Morgan fingerprint density at radius 3 is 2.04 bits per heavy atom. The van der Waals surface area contributed by atoms with E-state index in [0.29, 0.717) is 85.6 Å². The molecule has 0 spiro atoms. The minimum atomic E-state index is -1.52. The summed E-state index contributed by atoms with van der Waals surface area (Å²) in [5, 5.41) is 20.1. The van der Waals surface area contributed by atoms with E-state index in [9.17, 15) is 43.5 Å². The summed E-state index contributed by atoms with van der Waals surface area (Å²) in [4.78, 5) is 115. The molecular weight excluding hydrogens is 1120 g/mol. The van der Waals surface area contributed by atoms with Crippen LogP contribution in [0.3, 0.4) is 0 Å². The first-order chi connectivity index (χ1) is 39.3. The summed E-state index contributed by atoms with van der Waals surface area (Å²) in [7, 11) is 2.96. The summed E-state index contributed by atoms with van der Waals surface area (Å²) < 4.78 is 29.6. The lowest BCUT2D eigenvalue weighted by Crippen LogP contribution is -2.53. The highest BCUT2D eigenvalue weighted by Gasteiger charge is 2.45. The molecule has 5 aliphatic rings. The van der Waals surface area contributed by atoms with Gasteiger partial charge in [0.1, 0.15) is 18.7 Å². The van der Waals surface area contributed by atoms with Gasteiger partial charge in [-0.1, -0.05) is 43.5 Å². The number of anilines is 2. The van der Waals surface area contributed by atoms with E-state index in [2.05, 4.69) is 36.9 Å². The largest absolute Gasteiger partial charge is 0.493 e. The van der Waals surface area contributed by atoms with Crippen LogP contribution in [0.1, 0.15) is 119 Å². The minimum absolute atomic E-state index is 0.0629. The number of carbonyl (C=O) groups is 8. The molecule has 5 aliphatic heterocycles. The zero-order valence-electron chi connectivity index (χ0n) is 47.0. The third kappa shape index (κ3) is 13.8. The number of methoxy groups -OCH3 is 2. The van der Waals surface area contributed by atoms with Crippen molar-refractivity contribution in [2.24, 2.45) is 10.9 Å². The van der Waals surface area contributed by atoms with Gasteiger partial charge in [-0.15, -0.1) is 0 Å². The highest BCUT2D eigenvalue weighted by molar-refractivity contribution is 9.12. The van der Waals surface area contributed by atoms with Gasteiger partial charge in [0.05, 0.1) is 66.5 Å². The number of halogens is 1. The fourth-order valence-corrected chi connectivity index (χ4v) is 10.6. The Balaban J connectivity index is 0.826. The number of unbranched alkanes of at least 4 members (excludes halogenated alkanes) is 4. The first-order valence-electron chi connectivity index (χ1n) is 27.4. The van der Waals surface area contributed by atoms with Crippen molar-refractivity contribution >= 4 is 86.7 Å². The molecule has 82 heavy (non-hydrogen) atoms. The maximum atomic E-state index is 14.2. The number of imide groups is 1. The Labute approximate surface area is 484 Å². The van der Waals surface area contributed by atoms with Crippen molar-refractivity contribution in [1.82, 2.24) is 25.3 Å². The van der Waals surface area contributed by atoms with E-state index in [1.807, 2.05) is 20.0 Å². The summed E-state index contributed by atoms with van der Waals surface area (Å²) in [6, 6.07) is 9.98. The van der Waals surface area contributed by atoms with Crippen LogP contribution < -0.4 is 39.8 Å². The Kier molecular flexibility index (Phi) is 19.5. The molecule has 0 aliphatic carbocycles. The number of fused-ring (bicyclic) bond motifs is 4. The first kappa shape index (κ1) is 60.1. The van der Waals surface area contributed by atoms with Gasteiger partial charge >= 0.3 is 6.09 Å². The number of benzene rings is 3. The summed E-state index contributed by atoms with van der Waals surface area (Å²) in [5.41, 5.74) is 3.95. The molecule has 0 saturated carbocycles. The van der Waals surface area contributed by atoms with E-state index in [0.717, 1.165) is 27.4 Å². The van der Waals surface area contributed by atoms with Crippen molar-refractivity contribution in [3.05, 3.63) is 99.3 Å². The molecule has 5 heterocycles. The summed E-state index contributed by atoms with van der Waals surface area (Å²) in [6.07, 6.45) is 8.75. The number of rotatable bonds is 24. The fourth-order valence-electron chi connectivity index (χ4n) is 10.1. The number of aliphatic hydroxyl groups is 1. The molecule has 4 N–H and O–H groups in total. The monoisotopic (exact) mass is 1190 g/mol. The van der Waals surface area contributed by atoms with Crippen molar-refractivity contribution in [2.75, 3.05) is 44.2 Å². The standard InChI is InChI=1S/C59H69BrN8O14/c1-33(2)52(64-50(69)14-10-8-11-19-65-51(70)26-42(60)57(65)75)54(72)62-36(5)53(71)63-38-17-15-37(16-18-38)32-82-59(77)68-44-28-49(47(79-7)25-41(44)56(74)67-31-35(4)23-45(67)58(68)76)81-21-13-9-12-20-80-48-27-43-40(24-46(48)78-6)55(73)66-30-34(3)22-39(66)29-61-43/h15-18,24-31,33,36,39,45,52,58,76H,8-14,19-23,32H2,1-7H3,(H,62,72)(H,63,71)(H,64,69)/t36-,39-,45-,52-,58-/m1/s1. The molecule has 0 fully saturated rings. The number of hydrogen-bond acceptors (Lipinski definition) is 15. The maximum absolute atomic E-state index is 14.2. The van der Waals surface area contributed by atoms with Crippen LogP contribution in [0.4, 0.5) is 21.9 Å². The van der Waals surface area contributed by atoms with E-state index in [1.165, 1.54) is 44.3 Å². The minimum Gasteiger partial charge on any atom is -0.493 e. The summed E-state index contributed by atoms with van der Waals surface area (Å²) in [6.45, 7) is 9.45. The van der Waals surface area contributed by atoms with Gasteiger partial charge < -0.3 is 54.5 Å². The van der Waals surface area contributed by atoms with Gasteiger partial charge in [-0.2, -0.15) is 0 Å². The van der Waals surface area contributed by atoms with E-state index in [-0.39, 0.29) is 89.0 Å². The van der Waals surface area contributed by atoms with Crippen LogP contribution >= 0.6 is 15.9 Å². The summed E-state index contributed by atoms with van der Waals surface area (Å²) >= 11 is 3.07. The maximum Gasteiger partial charge on any atom is 0.416 e. The molecule has 22 nitrogen and oxygen atoms in total. The lowest BCUT2D eigenvalue weighted by Gasteiger charge is -2.31. The number of aliphatic hydroxyl groups excluding tert-OH is 1. The fraction of sp³-hybridized carbons (Fsp3) is 0.441. The lowest BCUT2D eigenvalue weighted by molar-refractivity contribution is -0.137. The van der Waals surface area contributed by atoms with E-state index < -0.39 is 48.2 Å². The van der Waals surface area contributed by atoms with Crippen molar-refractivity contribution < 1.29 is 67.1 Å². The third-order valence-corrected chi connectivity index (χ3v) is 15.2. The number of carbonyl (C=O) groups excluding carboxylic acids is 8. The molecule has 0 radical (unpaired) electrons. The Hall–Kier alpha value is -8.05. The van der Waals surface area contributed by atoms with Gasteiger partial charge in [-0.25, -0.2) is 9.69 Å². The normalized spacial score (nSPS) is 18.8. The number of nitrogens with zero attached hydrogens (tertiary/aromatic N) is 5. The molecule has 8 amide bonds. The number of nitrogens with one attached hydrogen (secondary N) is 3. The molecule has 23 heteroatoms. The van der Waals surface area contributed by atoms with Crippen LogP contribution in [0, 0.1) is 5.92 Å². The van der Waals surface area contributed by atoms with Crippen LogP contribution in [0.25, 0.3) is 0 Å². The molecule has 0 aromatic heterocycles. The molecular formula is C59H69BrN8O14. The molecule has 8 rings (SSSR count). The number of amides is 8. The van der Waals surface area contributed by atoms with Crippen molar-refractivity contribution in [3.8, 4) is 23.0 Å². The predicted octanol–water partition coefficient (Wildman–Crippen LogP) is 7.55. The number of ether oxygens (including phenoxy) is 5. The first-order valence-corrected chi connectivity index (χ1v) is 28.2. The van der Waals surface area contributed by atoms with Gasteiger partial charge in [0.25, 0.3) is 23.6 Å². The SMILES string of the molecule is COc1cc2c(cc1OCCCCCOc1cc3c(cc1OC)C(=O)N1C=C(C)C[C@@H]1[C@@H](O)N3C(=O)OCc1ccc(NC(=O)[C@@H](C)NC(=O)[C@H](NC(=O)CCCCCN3C(=O)C=C(Br)C3=O)C(C)C)cc1)N=C[C@H]1CC(C)=CN1C2=O. The van der Waals surface area contributed by atoms with Crippen molar-refractivity contribution in [3.63, 3.8) is 0 Å². The smallest absolute Gasteiger partial charge is 0.416 e. The Bertz CT molecular complexity index is 3120. The van der Waals surface area contributed by atoms with E-state index >= 15 is 0 Å². The lowest BCUT2D eigenvalue weighted by atomic mass is 10.0. The van der Waals surface area contributed by atoms with Crippen LogP contribution in [0.15, 0.2) is 87.6 Å². The second-order valence-electron chi connectivity index (χ2n) is 21.1. The second-order valence-corrected chi connectivity index (χ2v) is 22.0. The molecule has 5 atom stereocenters. The van der Waals surface area contributed by atoms with Crippen molar-refractivity contribution in [2.45, 2.75) is 129 Å². The quantitative estimate of drug-likeness (QED) is 0.0499. The van der Waals surface area contributed by atoms with E-state index in [4.69, 9.17) is 23.7 Å². The van der Waals surface area contributed by atoms with Crippen LogP contribution in [0.5, 0.6) is 23.0 Å². The topological polar surface area (TPSA) is 264 Å². The average molecular weight is 1190 g/mol. The predicted molar refractivity (Wildman–Crippen MR) is 306 cm³/mol. The average Bonchev–Trinajstić information content (AvgIpc) is 3.01. The van der Waals surface area contributed by atoms with E-state index in [1.54, 1.807) is 67.6 Å². The molecule has 0 saturated heterocycles. The molecule has 436 valence electrons.